The molecule has 0 aromatic heterocycles. The van der Waals surface area contributed by atoms with Crippen LogP contribution in [-0.4, -0.2) is 54.0 Å². The number of rotatable bonds is 3. The molecule has 0 aromatic carbocycles. The van der Waals surface area contributed by atoms with E-state index in [0.717, 1.165) is 26.1 Å². The van der Waals surface area contributed by atoms with Crippen molar-refractivity contribution in [1.82, 2.24) is 9.80 Å². The van der Waals surface area contributed by atoms with Crippen LogP contribution in [0.25, 0.3) is 0 Å². The van der Waals surface area contributed by atoms with Gasteiger partial charge in [-0.2, -0.15) is 0 Å². The Morgan fingerprint density at radius 1 is 1.35 bits per heavy atom. The number of hydrogen-bond acceptors (Lipinski definition) is 3. The molecule has 2 aliphatic rings. The number of carbonyl (C=O) groups excluding carboxylic acids is 1. The van der Waals surface area contributed by atoms with E-state index in [1.54, 1.807) is 0 Å². The van der Waals surface area contributed by atoms with Gasteiger partial charge in [0.1, 0.15) is 0 Å². The predicted octanol–water partition coefficient (Wildman–Crippen LogP) is 0.666. The van der Waals surface area contributed by atoms with Gasteiger partial charge in [-0.25, -0.2) is 0 Å². The van der Waals surface area contributed by atoms with Crippen molar-refractivity contribution in [1.29, 1.82) is 0 Å². The smallest absolute Gasteiger partial charge is 0.239 e. The highest BCUT2D eigenvalue weighted by Gasteiger charge is 2.33. The maximum Gasteiger partial charge on any atom is 0.239 e. The van der Waals surface area contributed by atoms with Gasteiger partial charge >= 0.3 is 0 Å². The van der Waals surface area contributed by atoms with Crippen molar-refractivity contribution in [3.63, 3.8) is 0 Å². The lowest BCUT2D eigenvalue weighted by molar-refractivity contribution is -0.135. The summed E-state index contributed by atoms with van der Waals surface area (Å²) in [6, 6.07) is 0.293. The zero-order valence-electron chi connectivity index (χ0n) is 11.1. The molecule has 4 heteroatoms. The van der Waals surface area contributed by atoms with Crippen LogP contribution in [0.15, 0.2) is 0 Å². The van der Waals surface area contributed by atoms with Crippen molar-refractivity contribution in [2.75, 3.05) is 26.2 Å². The summed E-state index contributed by atoms with van der Waals surface area (Å²) in [5, 5.41) is 0. The molecule has 2 atom stereocenters. The number of amides is 1. The first-order chi connectivity index (χ1) is 8.08. The third-order valence-electron chi connectivity index (χ3n) is 3.94. The standard InChI is InChI=1S/C13H25N3O/c1-10(2)8-12(14)13(17)16-7-6-15-5-3-4-11(15)9-16/h10-12H,3-9,14H2,1-2H3/t11?,12-/m0/s1. The van der Waals surface area contributed by atoms with Crippen LogP contribution in [0.4, 0.5) is 0 Å². The molecule has 0 aliphatic carbocycles. The maximum atomic E-state index is 12.2. The lowest BCUT2D eigenvalue weighted by Crippen LogP contribution is -2.55. The van der Waals surface area contributed by atoms with E-state index >= 15 is 0 Å². The fourth-order valence-electron chi connectivity index (χ4n) is 3.03. The van der Waals surface area contributed by atoms with Crippen molar-refractivity contribution in [3.8, 4) is 0 Å². The number of carbonyl (C=O) groups is 1. The van der Waals surface area contributed by atoms with E-state index in [2.05, 4.69) is 18.7 Å². The van der Waals surface area contributed by atoms with Crippen molar-refractivity contribution < 1.29 is 4.79 Å². The van der Waals surface area contributed by atoms with Crippen molar-refractivity contribution >= 4 is 5.91 Å². The summed E-state index contributed by atoms with van der Waals surface area (Å²) in [6.07, 6.45) is 3.32. The van der Waals surface area contributed by atoms with E-state index in [1.807, 2.05) is 4.90 Å². The maximum absolute atomic E-state index is 12.2. The van der Waals surface area contributed by atoms with E-state index < -0.39 is 0 Å². The molecular formula is C13H25N3O. The SMILES string of the molecule is CC(C)C[C@H](N)C(=O)N1CCN2CCCC2C1. The lowest BCUT2D eigenvalue weighted by atomic mass is 10.0. The lowest BCUT2D eigenvalue weighted by Gasteiger charge is -2.38. The van der Waals surface area contributed by atoms with E-state index in [9.17, 15) is 4.79 Å². The number of hydrogen-bond donors (Lipinski definition) is 1. The Labute approximate surface area is 104 Å². The first-order valence-corrected chi connectivity index (χ1v) is 6.86. The van der Waals surface area contributed by atoms with Crippen LogP contribution in [-0.2, 0) is 4.79 Å². The first-order valence-electron chi connectivity index (χ1n) is 6.86. The molecule has 2 heterocycles. The van der Waals surface area contributed by atoms with E-state index in [0.29, 0.717) is 12.0 Å². The fraction of sp³-hybridized carbons (Fsp3) is 0.923. The predicted molar refractivity (Wildman–Crippen MR) is 68.6 cm³/mol. The number of nitrogens with zero attached hydrogens (tertiary/aromatic N) is 2. The minimum Gasteiger partial charge on any atom is -0.338 e. The van der Waals surface area contributed by atoms with Gasteiger partial charge < -0.3 is 10.6 Å². The Morgan fingerprint density at radius 3 is 2.82 bits per heavy atom. The third kappa shape index (κ3) is 2.99. The number of nitrogens with two attached hydrogens (primary N) is 1. The van der Waals surface area contributed by atoms with Gasteiger partial charge in [0.05, 0.1) is 6.04 Å². The van der Waals surface area contributed by atoms with Gasteiger partial charge in [0, 0.05) is 25.7 Å². The second kappa shape index (κ2) is 5.36. The molecule has 0 saturated carbocycles. The second-order valence-electron chi connectivity index (χ2n) is 5.85. The molecule has 1 unspecified atom stereocenters. The molecule has 2 saturated heterocycles. The van der Waals surface area contributed by atoms with Gasteiger partial charge in [-0.3, -0.25) is 9.69 Å². The van der Waals surface area contributed by atoms with Crippen LogP contribution < -0.4 is 5.73 Å². The van der Waals surface area contributed by atoms with E-state index in [-0.39, 0.29) is 11.9 Å². The number of piperazine rings is 1. The molecule has 1 amide bonds. The highest BCUT2D eigenvalue weighted by molar-refractivity contribution is 5.81. The largest absolute Gasteiger partial charge is 0.338 e. The molecule has 2 aliphatic heterocycles. The van der Waals surface area contributed by atoms with Gasteiger partial charge in [-0.05, 0) is 31.7 Å². The topological polar surface area (TPSA) is 49.6 Å². The van der Waals surface area contributed by atoms with Crippen LogP contribution >= 0.6 is 0 Å². The third-order valence-corrected chi connectivity index (χ3v) is 3.94. The van der Waals surface area contributed by atoms with Crippen LogP contribution in [0.1, 0.15) is 33.1 Å². The average molecular weight is 239 g/mol. The summed E-state index contributed by atoms with van der Waals surface area (Å²) in [6.45, 7) is 8.23. The molecule has 4 nitrogen and oxygen atoms in total. The zero-order valence-corrected chi connectivity index (χ0v) is 11.1. The van der Waals surface area contributed by atoms with Gasteiger partial charge in [0.2, 0.25) is 5.91 Å². The Hall–Kier alpha value is -0.610. The molecule has 2 N–H and O–H groups in total. The van der Waals surface area contributed by atoms with Gasteiger partial charge in [-0.15, -0.1) is 0 Å². The summed E-state index contributed by atoms with van der Waals surface area (Å²) in [7, 11) is 0. The normalized spacial score (nSPS) is 27.3. The fourth-order valence-corrected chi connectivity index (χ4v) is 3.03. The molecule has 0 bridgehead atoms. The Bertz CT molecular complexity index is 280. The zero-order chi connectivity index (χ0) is 12.4. The van der Waals surface area contributed by atoms with Crippen molar-refractivity contribution in [2.24, 2.45) is 11.7 Å². The highest BCUT2D eigenvalue weighted by Crippen LogP contribution is 2.22. The Morgan fingerprint density at radius 2 is 2.12 bits per heavy atom. The van der Waals surface area contributed by atoms with Gasteiger partial charge in [-0.1, -0.05) is 13.8 Å². The van der Waals surface area contributed by atoms with Crippen LogP contribution in [0.3, 0.4) is 0 Å². The minimum absolute atomic E-state index is 0.158. The second-order valence-corrected chi connectivity index (χ2v) is 5.85. The van der Waals surface area contributed by atoms with E-state index in [4.69, 9.17) is 5.73 Å². The monoisotopic (exact) mass is 239 g/mol. The van der Waals surface area contributed by atoms with Crippen LogP contribution in [0.5, 0.6) is 0 Å². The minimum atomic E-state index is -0.303. The van der Waals surface area contributed by atoms with Gasteiger partial charge in [0.25, 0.3) is 0 Å². The summed E-state index contributed by atoms with van der Waals surface area (Å²) < 4.78 is 0. The molecule has 0 radical (unpaired) electrons. The molecular weight excluding hydrogens is 214 g/mol. The summed E-state index contributed by atoms with van der Waals surface area (Å²) >= 11 is 0. The Kier molecular flexibility index (Phi) is 4.05. The van der Waals surface area contributed by atoms with E-state index in [1.165, 1.54) is 19.4 Å². The Balaban J connectivity index is 1.87. The highest BCUT2D eigenvalue weighted by atomic mass is 16.2. The first kappa shape index (κ1) is 12.8. The van der Waals surface area contributed by atoms with Crippen LogP contribution in [0.2, 0.25) is 0 Å². The van der Waals surface area contributed by atoms with Crippen molar-refractivity contribution in [2.45, 2.75) is 45.2 Å². The average Bonchev–Trinajstić information content (AvgIpc) is 2.73. The van der Waals surface area contributed by atoms with Gasteiger partial charge in [0.15, 0.2) is 0 Å². The summed E-state index contributed by atoms with van der Waals surface area (Å²) in [4.78, 5) is 16.7. The quantitative estimate of drug-likeness (QED) is 0.787. The molecule has 0 aromatic rings. The molecule has 0 spiro atoms. The number of fused-ring (bicyclic) bond motifs is 1. The van der Waals surface area contributed by atoms with Crippen molar-refractivity contribution in [3.05, 3.63) is 0 Å². The molecule has 2 fully saturated rings. The molecule has 2 rings (SSSR count). The summed E-state index contributed by atoms with van der Waals surface area (Å²) in [5.41, 5.74) is 5.98. The van der Waals surface area contributed by atoms with Crippen LogP contribution in [0, 0.1) is 5.92 Å². The molecule has 98 valence electrons. The summed E-state index contributed by atoms with van der Waals surface area (Å²) in [5.74, 6) is 0.645. The molecule has 17 heavy (non-hydrogen) atoms.